The fourth-order valence-corrected chi connectivity index (χ4v) is 4.24. The van der Waals surface area contributed by atoms with E-state index in [9.17, 15) is 0 Å². The first kappa shape index (κ1) is 25.1. The summed E-state index contributed by atoms with van der Waals surface area (Å²) < 4.78 is 1.12. The van der Waals surface area contributed by atoms with Crippen molar-refractivity contribution in [2.24, 2.45) is 0 Å². The van der Waals surface area contributed by atoms with E-state index in [4.69, 9.17) is 0 Å². The van der Waals surface area contributed by atoms with Gasteiger partial charge >= 0.3 is 0 Å². The molecule has 0 amide bonds. The highest BCUT2D eigenvalue weighted by molar-refractivity contribution is 5.15. The van der Waals surface area contributed by atoms with Gasteiger partial charge < -0.3 is 4.48 Å². The van der Waals surface area contributed by atoms with Gasteiger partial charge in [-0.2, -0.15) is 0 Å². The van der Waals surface area contributed by atoms with E-state index < -0.39 is 0 Å². The Morgan fingerprint density at radius 1 is 0.548 bits per heavy atom. The molecule has 0 radical (unpaired) electrons. The Kier molecular flexibility index (Phi) is 12.7. The van der Waals surface area contributed by atoms with Crippen LogP contribution in [0.25, 0.3) is 0 Å². The molecule has 2 aromatic carbocycles. The Labute approximate surface area is 192 Å². The summed E-state index contributed by atoms with van der Waals surface area (Å²) in [5.74, 6) is 0. The summed E-state index contributed by atoms with van der Waals surface area (Å²) in [5.41, 5.74) is 2.90. The molecule has 0 saturated heterocycles. The summed E-state index contributed by atoms with van der Waals surface area (Å²) in [4.78, 5) is 0. The SMILES string of the molecule is CCCC/C=C/CC[N+](CC/C=C/CCCC)(Cc1ccccc1)Cc1ccccc1. The van der Waals surface area contributed by atoms with E-state index in [1.165, 1.54) is 62.7 Å². The smallest absolute Gasteiger partial charge is 0.105 e. The lowest BCUT2D eigenvalue weighted by Crippen LogP contribution is -2.47. The highest BCUT2D eigenvalue weighted by atomic mass is 15.3. The molecule has 1 nitrogen and oxygen atoms in total. The first-order valence-electron chi connectivity index (χ1n) is 12.5. The minimum atomic E-state index is 1.10. The van der Waals surface area contributed by atoms with Crippen molar-refractivity contribution in [3.05, 3.63) is 96.1 Å². The van der Waals surface area contributed by atoms with Crippen molar-refractivity contribution in [3.8, 4) is 0 Å². The quantitative estimate of drug-likeness (QED) is 0.146. The van der Waals surface area contributed by atoms with Crippen molar-refractivity contribution in [3.63, 3.8) is 0 Å². The number of rotatable bonds is 16. The highest BCUT2D eigenvalue weighted by Crippen LogP contribution is 2.22. The van der Waals surface area contributed by atoms with Gasteiger partial charge in [0.25, 0.3) is 0 Å². The molecule has 1 heteroatoms. The number of allylic oxidation sites excluding steroid dienone is 2. The van der Waals surface area contributed by atoms with Crippen molar-refractivity contribution in [1.29, 1.82) is 0 Å². The number of unbranched alkanes of at least 4 members (excludes halogenated alkanes) is 4. The number of hydrogen-bond donors (Lipinski definition) is 0. The van der Waals surface area contributed by atoms with Crippen LogP contribution < -0.4 is 0 Å². The molecule has 0 bridgehead atoms. The molecule has 2 aromatic rings. The summed E-state index contributed by atoms with van der Waals surface area (Å²) in [7, 11) is 0. The third-order valence-electron chi connectivity index (χ3n) is 6.04. The third-order valence-corrected chi connectivity index (χ3v) is 6.04. The molecule has 0 N–H and O–H groups in total. The van der Waals surface area contributed by atoms with Crippen LogP contribution in [0.15, 0.2) is 85.0 Å². The lowest BCUT2D eigenvalue weighted by atomic mass is 10.1. The van der Waals surface area contributed by atoms with Gasteiger partial charge in [-0.3, -0.25) is 0 Å². The van der Waals surface area contributed by atoms with E-state index >= 15 is 0 Å². The second-order valence-electron chi connectivity index (χ2n) is 8.88. The maximum Gasteiger partial charge on any atom is 0.105 e. The summed E-state index contributed by atoms with van der Waals surface area (Å²) >= 11 is 0. The summed E-state index contributed by atoms with van der Waals surface area (Å²) in [6.07, 6.45) is 19.5. The minimum absolute atomic E-state index is 1.10. The standard InChI is InChI=1S/C30H44N/c1-3-5-7-9-11-19-25-31(26-20-12-10-8-6-4-2,27-29-21-15-13-16-22-29)28-30-23-17-14-18-24-30/h9-18,21-24H,3-8,19-20,25-28H2,1-2H3/q+1/b11-9+,12-10+. The molecule has 31 heavy (non-hydrogen) atoms. The topological polar surface area (TPSA) is 0 Å². The van der Waals surface area contributed by atoms with E-state index in [1.807, 2.05) is 0 Å². The van der Waals surface area contributed by atoms with Gasteiger partial charge in [0.1, 0.15) is 13.1 Å². The first-order valence-corrected chi connectivity index (χ1v) is 12.5. The average Bonchev–Trinajstić information content (AvgIpc) is 2.80. The van der Waals surface area contributed by atoms with Gasteiger partial charge in [0.15, 0.2) is 0 Å². The monoisotopic (exact) mass is 418 g/mol. The molecule has 0 unspecified atom stereocenters. The van der Waals surface area contributed by atoms with E-state index in [2.05, 4.69) is 98.8 Å². The van der Waals surface area contributed by atoms with Crippen molar-refractivity contribution in [2.75, 3.05) is 13.1 Å². The van der Waals surface area contributed by atoms with Gasteiger partial charge in [-0.1, -0.05) is 124 Å². The van der Waals surface area contributed by atoms with Crippen LogP contribution in [0.1, 0.15) is 76.3 Å². The normalized spacial score (nSPS) is 12.2. The van der Waals surface area contributed by atoms with Gasteiger partial charge in [0, 0.05) is 24.0 Å². The molecular formula is C30H44N+. The fourth-order valence-electron chi connectivity index (χ4n) is 4.24. The maximum atomic E-state index is 2.43. The van der Waals surface area contributed by atoms with Gasteiger partial charge in [0.05, 0.1) is 13.1 Å². The molecule has 0 saturated carbocycles. The van der Waals surface area contributed by atoms with Crippen LogP contribution in [0.4, 0.5) is 0 Å². The first-order chi connectivity index (χ1) is 15.3. The van der Waals surface area contributed by atoms with Crippen LogP contribution in [0.3, 0.4) is 0 Å². The highest BCUT2D eigenvalue weighted by Gasteiger charge is 2.27. The number of nitrogens with zero attached hydrogens (tertiary/aromatic N) is 1. The zero-order valence-electron chi connectivity index (χ0n) is 20.0. The molecule has 0 aliphatic rings. The zero-order chi connectivity index (χ0) is 22.0. The van der Waals surface area contributed by atoms with Gasteiger partial charge in [0.2, 0.25) is 0 Å². The molecule has 0 aromatic heterocycles. The van der Waals surface area contributed by atoms with Crippen LogP contribution >= 0.6 is 0 Å². The number of hydrogen-bond acceptors (Lipinski definition) is 0. The maximum absolute atomic E-state index is 2.43. The zero-order valence-corrected chi connectivity index (χ0v) is 20.0. The lowest BCUT2D eigenvalue weighted by molar-refractivity contribution is -0.953. The minimum Gasteiger partial charge on any atom is -0.316 e. The van der Waals surface area contributed by atoms with Crippen molar-refractivity contribution in [1.82, 2.24) is 0 Å². The Morgan fingerprint density at radius 2 is 0.935 bits per heavy atom. The Bertz CT molecular complexity index is 664. The van der Waals surface area contributed by atoms with Crippen molar-refractivity contribution < 1.29 is 4.48 Å². The van der Waals surface area contributed by atoms with Crippen LogP contribution in [0.5, 0.6) is 0 Å². The predicted molar refractivity (Wildman–Crippen MR) is 137 cm³/mol. The third kappa shape index (κ3) is 10.6. The number of quaternary nitrogens is 1. The number of benzene rings is 2. The molecule has 0 aliphatic heterocycles. The Balaban J connectivity index is 2.17. The molecule has 0 fully saturated rings. The van der Waals surface area contributed by atoms with Crippen LogP contribution in [0, 0.1) is 0 Å². The van der Waals surface area contributed by atoms with Gasteiger partial charge in [-0.15, -0.1) is 0 Å². The van der Waals surface area contributed by atoms with Crippen molar-refractivity contribution >= 4 is 0 Å². The van der Waals surface area contributed by atoms with E-state index in [0.29, 0.717) is 0 Å². The summed E-state index contributed by atoms with van der Waals surface area (Å²) in [5, 5.41) is 0. The molecule has 0 atom stereocenters. The fraction of sp³-hybridized carbons (Fsp3) is 0.467. The Hall–Kier alpha value is -2.12. The molecular weight excluding hydrogens is 374 g/mol. The molecule has 168 valence electrons. The van der Waals surface area contributed by atoms with E-state index in [1.54, 1.807) is 0 Å². The molecule has 0 spiro atoms. The largest absolute Gasteiger partial charge is 0.316 e. The second kappa shape index (κ2) is 15.6. The van der Waals surface area contributed by atoms with E-state index in [-0.39, 0.29) is 0 Å². The van der Waals surface area contributed by atoms with Crippen LogP contribution in [-0.2, 0) is 13.1 Å². The summed E-state index contributed by atoms with van der Waals surface area (Å²) in [6.45, 7) is 9.11. The molecule has 0 aliphatic carbocycles. The Morgan fingerprint density at radius 3 is 1.32 bits per heavy atom. The van der Waals surface area contributed by atoms with Crippen LogP contribution in [0.2, 0.25) is 0 Å². The summed E-state index contributed by atoms with van der Waals surface area (Å²) in [6, 6.07) is 22.2. The molecule has 2 rings (SSSR count). The van der Waals surface area contributed by atoms with E-state index in [0.717, 1.165) is 30.4 Å². The van der Waals surface area contributed by atoms with Gasteiger partial charge in [-0.25, -0.2) is 0 Å². The predicted octanol–water partition coefficient (Wildman–Crippen LogP) is 8.48. The molecule has 0 heterocycles. The average molecular weight is 419 g/mol. The van der Waals surface area contributed by atoms with Gasteiger partial charge in [-0.05, 0) is 12.8 Å². The van der Waals surface area contributed by atoms with Crippen molar-refractivity contribution in [2.45, 2.75) is 78.3 Å². The van der Waals surface area contributed by atoms with Crippen LogP contribution in [-0.4, -0.2) is 17.6 Å². The lowest BCUT2D eigenvalue weighted by Gasteiger charge is -2.39. The second-order valence-corrected chi connectivity index (χ2v) is 8.88.